The molecule has 0 spiro atoms. The second-order valence-electron chi connectivity index (χ2n) is 3.30. The minimum absolute atomic E-state index is 0.416. The Morgan fingerprint density at radius 3 is 2.56 bits per heavy atom. The Balaban J connectivity index is 2.51. The number of aromatic amines is 1. The van der Waals surface area contributed by atoms with Gasteiger partial charge in [0.05, 0.1) is 17.7 Å². The van der Waals surface area contributed by atoms with E-state index < -0.39 is 5.63 Å². The fourth-order valence-corrected chi connectivity index (χ4v) is 1.35. The fourth-order valence-electron chi connectivity index (χ4n) is 1.35. The van der Waals surface area contributed by atoms with Crippen molar-refractivity contribution >= 4 is 12.7 Å². The lowest BCUT2D eigenvalue weighted by molar-refractivity contribution is 0.386. The molecule has 0 fully saturated rings. The van der Waals surface area contributed by atoms with E-state index in [1.165, 1.54) is 0 Å². The van der Waals surface area contributed by atoms with Crippen molar-refractivity contribution in [2.75, 3.05) is 7.11 Å². The highest BCUT2D eigenvalue weighted by Gasteiger charge is 1.96. The molecule has 2 aromatic rings. The number of benzene rings is 1. The van der Waals surface area contributed by atoms with Crippen LogP contribution in [0.25, 0.3) is 12.7 Å². The van der Waals surface area contributed by atoms with Gasteiger partial charge >= 0.3 is 5.63 Å². The van der Waals surface area contributed by atoms with Crippen LogP contribution in [-0.4, -0.2) is 12.3 Å². The van der Waals surface area contributed by atoms with E-state index in [1.54, 1.807) is 13.2 Å². The van der Waals surface area contributed by atoms with Crippen molar-refractivity contribution in [3.05, 3.63) is 50.8 Å². The van der Waals surface area contributed by atoms with Gasteiger partial charge in [0.25, 0.3) is 0 Å². The molecule has 1 heterocycles. The number of hydrogen-bond acceptors (Lipinski definition) is 3. The van der Waals surface area contributed by atoms with Gasteiger partial charge in [-0.3, -0.25) is 0 Å². The summed E-state index contributed by atoms with van der Waals surface area (Å²) in [4.78, 5) is 11.3. The third kappa shape index (κ3) is 1.91. The van der Waals surface area contributed by atoms with E-state index in [-0.39, 0.29) is 0 Å². The van der Waals surface area contributed by atoms with E-state index in [1.807, 2.05) is 24.3 Å². The zero-order chi connectivity index (χ0) is 11.5. The van der Waals surface area contributed by atoms with Crippen LogP contribution in [0.2, 0.25) is 0 Å². The molecule has 1 aromatic heterocycles. The largest absolute Gasteiger partial charge is 0.497 e. The van der Waals surface area contributed by atoms with Crippen molar-refractivity contribution in [3.63, 3.8) is 0 Å². The number of methoxy groups -OCH3 is 1. The van der Waals surface area contributed by atoms with Crippen LogP contribution in [0.15, 0.2) is 33.6 Å². The van der Waals surface area contributed by atoms with Gasteiger partial charge in [-0.15, -0.1) is 0 Å². The maximum atomic E-state index is 11.3. The van der Waals surface area contributed by atoms with Gasteiger partial charge in [0.15, 0.2) is 0 Å². The Morgan fingerprint density at radius 2 is 2.06 bits per heavy atom. The molecule has 0 bridgehead atoms. The maximum Gasteiger partial charge on any atom is 0.365 e. The van der Waals surface area contributed by atoms with Crippen LogP contribution in [0.1, 0.15) is 5.56 Å². The van der Waals surface area contributed by atoms with Crippen molar-refractivity contribution in [1.82, 2.24) is 5.16 Å². The Bertz CT molecular complexity index is 604. The summed E-state index contributed by atoms with van der Waals surface area (Å²) in [6.07, 6.45) is 1.71. The van der Waals surface area contributed by atoms with E-state index in [9.17, 15) is 4.79 Å². The van der Waals surface area contributed by atoms with Crippen LogP contribution >= 0.6 is 0 Å². The number of rotatable bonds is 2. The highest BCUT2D eigenvalue weighted by Crippen LogP contribution is 2.11. The van der Waals surface area contributed by atoms with Crippen molar-refractivity contribution < 1.29 is 9.26 Å². The molecule has 0 aliphatic carbocycles. The molecule has 1 aromatic carbocycles. The SMILES string of the molecule is C=c1[nH]oc(=O)c1=Cc1ccc(OC)cc1. The average molecular weight is 217 g/mol. The Kier molecular flexibility index (Phi) is 2.64. The monoisotopic (exact) mass is 217 g/mol. The van der Waals surface area contributed by atoms with Gasteiger partial charge in [0.1, 0.15) is 5.75 Å². The van der Waals surface area contributed by atoms with Crippen LogP contribution in [0.5, 0.6) is 5.75 Å². The molecule has 82 valence electrons. The highest BCUT2D eigenvalue weighted by atomic mass is 16.5. The zero-order valence-corrected chi connectivity index (χ0v) is 8.82. The fraction of sp³-hybridized carbons (Fsp3) is 0.0833. The number of H-pyrrole nitrogens is 1. The summed E-state index contributed by atoms with van der Waals surface area (Å²) in [6.45, 7) is 3.67. The van der Waals surface area contributed by atoms with Crippen molar-refractivity contribution in [2.45, 2.75) is 0 Å². The summed E-state index contributed by atoms with van der Waals surface area (Å²) in [6, 6.07) is 7.35. The second kappa shape index (κ2) is 4.10. The topological polar surface area (TPSA) is 55.2 Å². The maximum absolute atomic E-state index is 11.3. The van der Waals surface area contributed by atoms with Gasteiger partial charge in [-0.05, 0) is 23.8 Å². The van der Waals surface area contributed by atoms with E-state index in [4.69, 9.17) is 4.74 Å². The lowest BCUT2D eigenvalue weighted by Gasteiger charge is -1.98. The minimum Gasteiger partial charge on any atom is -0.497 e. The van der Waals surface area contributed by atoms with Crippen molar-refractivity contribution in [1.29, 1.82) is 0 Å². The van der Waals surface area contributed by atoms with Crippen molar-refractivity contribution in [2.24, 2.45) is 0 Å². The molecule has 4 nitrogen and oxygen atoms in total. The standard InChI is InChI=1S/C12H11NO3/c1-8-11(12(14)16-13-8)7-9-3-5-10(15-2)6-4-9/h3-7,13H,1H2,2H3. The van der Waals surface area contributed by atoms with Crippen LogP contribution < -0.4 is 20.9 Å². The first-order valence-corrected chi connectivity index (χ1v) is 4.73. The first-order chi connectivity index (χ1) is 7.70. The molecule has 1 N–H and O–H groups in total. The molecule has 0 amide bonds. The first kappa shape index (κ1) is 10.3. The van der Waals surface area contributed by atoms with Gasteiger partial charge in [0, 0.05) is 0 Å². The summed E-state index contributed by atoms with van der Waals surface area (Å²) in [5, 5.41) is 3.33. The van der Waals surface area contributed by atoms with E-state index in [0.717, 1.165) is 11.3 Å². The van der Waals surface area contributed by atoms with Crippen LogP contribution in [0.4, 0.5) is 0 Å². The lowest BCUT2D eigenvalue weighted by Crippen LogP contribution is -2.31. The van der Waals surface area contributed by atoms with Crippen LogP contribution in [-0.2, 0) is 0 Å². The normalized spacial score (nSPS) is 11.7. The van der Waals surface area contributed by atoms with Crippen molar-refractivity contribution in [3.8, 4) is 5.75 Å². The molecule has 2 rings (SSSR count). The highest BCUT2D eigenvalue weighted by molar-refractivity contribution is 5.50. The van der Waals surface area contributed by atoms with Crippen LogP contribution in [0, 0.1) is 0 Å². The van der Waals surface area contributed by atoms with E-state index >= 15 is 0 Å². The quantitative estimate of drug-likeness (QED) is 0.782. The van der Waals surface area contributed by atoms with Crippen LogP contribution in [0.3, 0.4) is 0 Å². The molecule has 16 heavy (non-hydrogen) atoms. The Morgan fingerprint density at radius 1 is 1.38 bits per heavy atom. The van der Waals surface area contributed by atoms with Gasteiger partial charge in [-0.25, -0.2) is 9.95 Å². The second-order valence-corrected chi connectivity index (χ2v) is 3.30. The molecule has 0 unspecified atom stereocenters. The molecule has 0 saturated carbocycles. The number of aromatic nitrogens is 1. The molecule has 0 radical (unpaired) electrons. The average Bonchev–Trinajstić information content (AvgIpc) is 2.62. The molecular weight excluding hydrogens is 206 g/mol. The summed E-state index contributed by atoms with van der Waals surface area (Å²) in [7, 11) is 1.60. The summed E-state index contributed by atoms with van der Waals surface area (Å²) in [5.41, 5.74) is 0.471. The number of ether oxygens (including phenoxy) is 1. The van der Waals surface area contributed by atoms with Gasteiger partial charge < -0.3 is 9.26 Å². The van der Waals surface area contributed by atoms with Gasteiger partial charge in [-0.1, -0.05) is 18.7 Å². The third-order valence-electron chi connectivity index (χ3n) is 2.24. The molecule has 0 saturated heterocycles. The summed E-state index contributed by atoms with van der Waals surface area (Å²) >= 11 is 0. The molecule has 4 heteroatoms. The minimum atomic E-state index is -0.416. The number of hydrogen-bond donors (Lipinski definition) is 1. The predicted octanol–water partition coefficient (Wildman–Crippen LogP) is 0.216. The smallest absolute Gasteiger partial charge is 0.365 e. The number of nitrogens with one attached hydrogen (secondary N) is 1. The molecular formula is C12H11NO3. The lowest BCUT2D eigenvalue weighted by atomic mass is 10.2. The first-order valence-electron chi connectivity index (χ1n) is 4.73. The molecule has 0 aliphatic heterocycles. The third-order valence-corrected chi connectivity index (χ3v) is 2.24. The van der Waals surface area contributed by atoms with E-state index in [2.05, 4.69) is 16.3 Å². The molecule has 0 atom stereocenters. The van der Waals surface area contributed by atoms with Gasteiger partial charge in [0.2, 0.25) is 0 Å². The summed E-state index contributed by atoms with van der Waals surface area (Å²) < 4.78 is 9.65. The van der Waals surface area contributed by atoms with E-state index in [0.29, 0.717) is 10.6 Å². The summed E-state index contributed by atoms with van der Waals surface area (Å²) in [5.74, 6) is 0.771. The Labute approximate surface area is 91.4 Å². The zero-order valence-electron chi connectivity index (χ0n) is 8.82. The molecule has 0 aliphatic rings. The van der Waals surface area contributed by atoms with Gasteiger partial charge in [-0.2, -0.15) is 0 Å². The Hall–Kier alpha value is -2.23. The predicted molar refractivity (Wildman–Crippen MR) is 60.7 cm³/mol.